The molecule has 0 saturated carbocycles. The van der Waals surface area contributed by atoms with Gasteiger partial charge in [-0.15, -0.1) is 0 Å². The number of rotatable bonds is 4. The first-order valence-electron chi connectivity index (χ1n) is 5.94. The first kappa shape index (κ1) is 12.7. The summed E-state index contributed by atoms with van der Waals surface area (Å²) in [4.78, 5) is 21.7. The molecule has 0 aliphatic rings. The van der Waals surface area contributed by atoms with Gasteiger partial charge in [0.05, 0.1) is 0 Å². The quantitative estimate of drug-likeness (QED) is 0.831. The Morgan fingerprint density at radius 2 is 2.00 bits per heavy atom. The Morgan fingerprint density at radius 3 is 2.67 bits per heavy atom. The van der Waals surface area contributed by atoms with Gasteiger partial charge in [0.25, 0.3) is 5.56 Å². The third-order valence-electron chi connectivity index (χ3n) is 2.76. The highest BCUT2D eigenvalue weighted by Gasteiger charge is 2.08. The molecule has 0 fully saturated rings. The fraction of sp³-hybridized carbons (Fsp3) is 0.308. The van der Waals surface area contributed by atoms with Crippen LogP contribution in [0, 0.1) is 4.77 Å². The Morgan fingerprint density at radius 1 is 1.28 bits per heavy atom. The van der Waals surface area contributed by atoms with Crippen molar-refractivity contribution in [3.05, 3.63) is 56.5 Å². The second-order valence-corrected chi connectivity index (χ2v) is 4.56. The van der Waals surface area contributed by atoms with Gasteiger partial charge in [-0.25, -0.2) is 0 Å². The van der Waals surface area contributed by atoms with E-state index >= 15 is 0 Å². The molecular formula is C13H15N3OS. The number of nitrogens with one attached hydrogen (secondary N) is 2. The van der Waals surface area contributed by atoms with E-state index in [1.807, 2.05) is 12.1 Å². The number of pyridine rings is 1. The molecule has 0 unspecified atom stereocenters. The number of aromatic nitrogens is 3. The van der Waals surface area contributed by atoms with Gasteiger partial charge in [-0.3, -0.25) is 14.8 Å². The smallest absolute Gasteiger partial charge is 0.255 e. The molecule has 0 aromatic carbocycles. The van der Waals surface area contributed by atoms with E-state index in [9.17, 15) is 4.79 Å². The Bertz CT molecular complexity index is 631. The zero-order valence-corrected chi connectivity index (χ0v) is 11.0. The van der Waals surface area contributed by atoms with Gasteiger partial charge in [-0.2, -0.15) is 0 Å². The molecule has 0 spiro atoms. The summed E-state index contributed by atoms with van der Waals surface area (Å²) in [6, 6.07) is 3.83. The van der Waals surface area contributed by atoms with Crippen LogP contribution in [0.25, 0.3) is 0 Å². The van der Waals surface area contributed by atoms with Crippen LogP contribution in [0.15, 0.2) is 29.3 Å². The molecule has 0 bridgehead atoms. The van der Waals surface area contributed by atoms with Crippen molar-refractivity contribution in [3.63, 3.8) is 0 Å². The second kappa shape index (κ2) is 5.73. The standard InChI is InChI=1S/C13H15N3OS/c1-2-3-11-10(12(17)16-13(18)15-11)8-9-4-6-14-7-5-9/h4-7H,2-3,8H2,1H3,(H2,15,16,17,18). The highest BCUT2D eigenvalue weighted by atomic mass is 32.1. The Labute approximate surface area is 110 Å². The molecule has 0 atom stereocenters. The number of aromatic amines is 2. The van der Waals surface area contributed by atoms with Crippen molar-refractivity contribution in [1.82, 2.24) is 15.0 Å². The minimum atomic E-state index is -0.0981. The van der Waals surface area contributed by atoms with Gasteiger partial charge in [0.1, 0.15) is 0 Å². The summed E-state index contributed by atoms with van der Waals surface area (Å²) >= 11 is 5.00. The minimum absolute atomic E-state index is 0.0981. The van der Waals surface area contributed by atoms with Crippen LogP contribution in [-0.2, 0) is 12.8 Å². The molecule has 2 aromatic heterocycles. The number of aryl methyl sites for hydroxylation is 1. The summed E-state index contributed by atoms with van der Waals surface area (Å²) in [5.74, 6) is 0. The van der Waals surface area contributed by atoms with Gasteiger partial charge >= 0.3 is 0 Å². The van der Waals surface area contributed by atoms with E-state index in [1.54, 1.807) is 12.4 Å². The predicted octanol–water partition coefficient (Wildman–Crippen LogP) is 2.37. The van der Waals surface area contributed by atoms with Crippen molar-refractivity contribution in [3.8, 4) is 0 Å². The second-order valence-electron chi connectivity index (χ2n) is 4.15. The Hall–Kier alpha value is -1.75. The number of hydrogen-bond donors (Lipinski definition) is 2. The van der Waals surface area contributed by atoms with Crippen molar-refractivity contribution in [2.24, 2.45) is 0 Å². The van der Waals surface area contributed by atoms with Crippen LogP contribution in [0.1, 0.15) is 30.2 Å². The van der Waals surface area contributed by atoms with Crippen LogP contribution in [-0.4, -0.2) is 15.0 Å². The molecule has 2 aromatic rings. The summed E-state index contributed by atoms with van der Waals surface area (Å²) in [6.07, 6.45) is 5.85. The summed E-state index contributed by atoms with van der Waals surface area (Å²) in [7, 11) is 0. The molecule has 2 heterocycles. The van der Waals surface area contributed by atoms with Gasteiger partial charge in [0.15, 0.2) is 4.77 Å². The Balaban J connectivity index is 2.43. The largest absolute Gasteiger partial charge is 0.336 e. The first-order valence-corrected chi connectivity index (χ1v) is 6.34. The third kappa shape index (κ3) is 2.92. The lowest BCUT2D eigenvalue weighted by atomic mass is 10.0. The Kier molecular flexibility index (Phi) is 4.04. The maximum Gasteiger partial charge on any atom is 0.255 e. The summed E-state index contributed by atoms with van der Waals surface area (Å²) in [5, 5.41) is 0. The van der Waals surface area contributed by atoms with Crippen LogP contribution in [0.2, 0.25) is 0 Å². The number of nitrogens with zero attached hydrogens (tertiary/aromatic N) is 1. The molecular weight excluding hydrogens is 246 g/mol. The molecule has 0 radical (unpaired) electrons. The van der Waals surface area contributed by atoms with Gasteiger partial charge < -0.3 is 4.98 Å². The van der Waals surface area contributed by atoms with Crippen LogP contribution in [0.4, 0.5) is 0 Å². The normalized spacial score (nSPS) is 10.5. The topological polar surface area (TPSA) is 61.5 Å². The van der Waals surface area contributed by atoms with E-state index < -0.39 is 0 Å². The maximum absolute atomic E-state index is 12.0. The van der Waals surface area contributed by atoms with E-state index in [0.29, 0.717) is 11.2 Å². The molecule has 0 saturated heterocycles. The molecule has 4 nitrogen and oxygen atoms in total. The fourth-order valence-electron chi connectivity index (χ4n) is 1.91. The highest BCUT2D eigenvalue weighted by molar-refractivity contribution is 7.71. The lowest BCUT2D eigenvalue weighted by Crippen LogP contribution is -2.18. The van der Waals surface area contributed by atoms with Crippen molar-refractivity contribution >= 4 is 12.2 Å². The summed E-state index contributed by atoms with van der Waals surface area (Å²) < 4.78 is 0.391. The van der Waals surface area contributed by atoms with Gasteiger partial charge in [0.2, 0.25) is 0 Å². The molecule has 2 rings (SSSR count). The first-order chi connectivity index (χ1) is 8.70. The molecule has 0 aliphatic heterocycles. The van der Waals surface area contributed by atoms with E-state index in [0.717, 1.165) is 29.7 Å². The van der Waals surface area contributed by atoms with Crippen LogP contribution in [0.5, 0.6) is 0 Å². The maximum atomic E-state index is 12.0. The van der Waals surface area contributed by atoms with E-state index in [-0.39, 0.29) is 5.56 Å². The van der Waals surface area contributed by atoms with Gasteiger partial charge in [-0.05, 0) is 36.3 Å². The SMILES string of the molecule is CCCc1[nH]c(=S)[nH]c(=O)c1Cc1ccncc1. The van der Waals surface area contributed by atoms with Crippen LogP contribution >= 0.6 is 12.2 Å². The van der Waals surface area contributed by atoms with Crippen LogP contribution < -0.4 is 5.56 Å². The van der Waals surface area contributed by atoms with E-state index in [1.165, 1.54) is 0 Å². The predicted molar refractivity (Wildman–Crippen MR) is 73.3 cm³/mol. The third-order valence-corrected chi connectivity index (χ3v) is 2.96. The molecule has 94 valence electrons. The van der Waals surface area contributed by atoms with Crippen molar-refractivity contribution in [1.29, 1.82) is 0 Å². The van der Waals surface area contributed by atoms with Gasteiger partial charge in [-0.1, -0.05) is 13.3 Å². The average molecular weight is 261 g/mol. The molecule has 18 heavy (non-hydrogen) atoms. The fourth-order valence-corrected chi connectivity index (χ4v) is 2.13. The number of H-pyrrole nitrogens is 2. The lowest BCUT2D eigenvalue weighted by Gasteiger charge is -2.07. The van der Waals surface area contributed by atoms with Crippen LogP contribution in [0.3, 0.4) is 0 Å². The molecule has 2 N–H and O–H groups in total. The van der Waals surface area contributed by atoms with Crippen molar-refractivity contribution < 1.29 is 0 Å². The lowest BCUT2D eigenvalue weighted by molar-refractivity contribution is 0.832. The average Bonchev–Trinajstić information content (AvgIpc) is 2.35. The molecule has 0 aliphatic carbocycles. The monoisotopic (exact) mass is 261 g/mol. The zero-order valence-electron chi connectivity index (χ0n) is 10.2. The van der Waals surface area contributed by atoms with Crippen molar-refractivity contribution in [2.45, 2.75) is 26.2 Å². The highest BCUT2D eigenvalue weighted by Crippen LogP contribution is 2.09. The molecule has 5 heteroatoms. The van der Waals surface area contributed by atoms with Gasteiger partial charge in [0, 0.05) is 30.1 Å². The van der Waals surface area contributed by atoms with E-state index in [4.69, 9.17) is 12.2 Å². The summed E-state index contributed by atoms with van der Waals surface area (Å²) in [5.41, 5.74) is 2.66. The minimum Gasteiger partial charge on any atom is -0.336 e. The van der Waals surface area contributed by atoms with Crippen molar-refractivity contribution in [2.75, 3.05) is 0 Å². The molecule has 0 amide bonds. The summed E-state index contributed by atoms with van der Waals surface area (Å²) in [6.45, 7) is 2.08. The van der Waals surface area contributed by atoms with E-state index in [2.05, 4.69) is 21.9 Å². The zero-order chi connectivity index (χ0) is 13.0. The number of hydrogen-bond acceptors (Lipinski definition) is 3.